The number of β-amino-alcohol motifs (C(OH)–C–C–N with tert-alkyl or cyclic N) is 1. The SMILES string of the molecule is O=C(c1cc2cc(F)ccc2[nH]1)N1CCC(O)(CN2CCc3ccccc3C2)CC1. The van der Waals surface area contributed by atoms with E-state index in [0.717, 1.165) is 25.0 Å². The van der Waals surface area contributed by atoms with E-state index >= 15 is 0 Å². The molecular weight excluding hydrogens is 381 g/mol. The van der Waals surface area contributed by atoms with Gasteiger partial charge in [-0.05, 0) is 54.7 Å². The Hall–Kier alpha value is -2.70. The zero-order chi connectivity index (χ0) is 20.7. The van der Waals surface area contributed by atoms with Gasteiger partial charge >= 0.3 is 0 Å². The largest absolute Gasteiger partial charge is 0.388 e. The molecular formula is C24H26FN3O2. The Labute approximate surface area is 175 Å². The third-order valence-electron chi connectivity index (χ3n) is 6.52. The number of halogens is 1. The van der Waals surface area contributed by atoms with Crippen LogP contribution in [0.1, 0.15) is 34.5 Å². The molecule has 2 N–H and O–H groups in total. The number of nitrogens with one attached hydrogen (secondary N) is 1. The molecule has 0 saturated carbocycles. The third kappa shape index (κ3) is 3.73. The average Bonchev–Trinajstić information content (AvgIpc) is 3.17. The van der Waals surface area contributed by atoms with Crippen LogP contribution < -0.4 is 0 Å². The highest BCUT2D eigenvalue weighted by Gasteiger charge is 2.36. The van der Waals surface area contributed by atoms with Crippen LogP contribution in [0.4, 0.5) is 4.39 Å². The number of aromatic nitrogens is 1. The lowest BCUT2D eigenvalue weighted by Gasteiger charge is -2.42. The van der Waals surface area contributed by atoms with E-state index in [-0.39, 0.29) is 11.7 Å². The molecule has 0 unspecified atom stereocenters. The fraction of sp³-hybridized carbons (Fsp3) is 0.375. The van der Waals surface area contributed by atoms with Crippen molar-refractivity contribution in [2.45, 2.75) is 31.4 Å². The number of nitrogens with zero attached hydrogens (tertiary/aromatic N) is 2. The summed E-state index contributed by atoms with van der Waals surface area (Å²) in [7, 11) is 0. The van der Waals surface area contributed by atoms with Crippen LogP contribution in [0.25, 0.3) is 10.9 Å². The number of piperidine rings is 1. The Kier molecular flexibility index (Phi) is 4.83. The molecule has 2 aliphatic rings. The molecule has 156 valence electrons. The molecule has 5 nitrogen and oxygen atoms in total. The molecule has 6 heteroatoms. The number of likely N-dealkylation sites (tertiary alicyclic amines) is 1. The lowest BCUT2D eigenvalue weighted by Crippen LogP contribution is -2.52. The van der Waals surface area contributed by atoms with Gasteiger partial charge in [-0.3, -0.25) is 9.69 Å². The summed E-state index contributed by atoms with van der Waals surface area (Å²) >= 11 is 0. The van der Waals surface area contributed by atoms with Crippen molar-refractivity contribution in [3.05, 3.63) is 71.2 Å². The van der Waals surface area contributed by atoms with Gasteiger partial charge in [0.25, 0.3) is 5.91 Å². The molecule has 3 heterocycles. The first-order chi connectivity index (χ1) is 14.5. The lowest BCUT2D eigenvalue weighted by molar-refractivity contribution is -0.0431. The third-order valence-corrected chi connectivity index (χ3v) is 6.52. The Balaban J connectivity index is 1.21. The maximum atomic E-state index is 13.4. The standard InChI is InChI=1S/C24H26FN3O2/c25-20-5-6-21-19(13-20)14-22(26-21)23(29)28-11-8-24(30,9-12-28)16-27-10-7-17-3-1-2-4-18(17)15-27/h1-6,13-14,26,30H,7-12,15-16H2. The average molecular weight is 407 g/mol. The van der Waals surface area contributed by atoms with Gasteiger partial charge in [0.1, 0.15) is 11.5 Å². The van der Waals surface area contributed by atoms with Crippen molar-refractivity contribution < 1.29 is 14.3 Å². The topological polar surface area (TPSA) is 59.6 Å². The van der Waals surface area contributed by atoms with E-state index in [1.54, 1.807) is 17.0 Å². The normalized spacial score (nSPS) is 19.1. The highest BCUT2D eigenvalue weighted by Crippen LogP contribution is 2.28. The van der Waals surface area contributed by atoms with Gasteiger partial charge in [-0.2, -0.15) is 0 Å². The minimum Gasteiger partial charge on any atom is -0.388 e. The molecule has 1 fully saturated rings. The van der Waals surface area contributed by atoms with Crippen LogP contribution in [0.3, 0.4) is 0 Å². The molecule has 0 atom stereocenters. The van der Waals surface area contributed by atoms with E-state index in [1.807, 2.05) is 0 Å². The molecule has 2 aliphatic heterocycles. The summed E-state index contributed by atoms with van der Waals surface area (Å²) in [5, 5.41) is 11.8. The lowest BCUT2D eigenvalue weighted by atomic mass is 9.89. The van der Waals surface area contributed by atoms with Crippen molar-refractivity contribution in [1.82, 2.24) is 14.8 Å². The van der Waals surface area contributed by atoms with Crippen molar-refractivity contribution >= 4 is 16.8 Å². The van der Waals surface area contributed by atoms with Crippen LogP contribution in [-0.2, 0) is 13.0 Å². The number of aromatic amines is 1. The Morgan fingerprint density at radius 3 is 2.63 bits per heavy atom. The number of amides is 1. The second-order valence-electron chi connectivity index (χ2n) is 8.66. The predicted octanol–water partition coefficient (Wildman–Crippen LogP) is 3.33. The minimum atomic E-state index is -0.771. The molecule has 3 aromatic rings. The summed E-state index contributed by atoms with van der Waals surface area (Å²) in [6.45, 7) is 3.49. The highest BCUT2D eigenvalue weighted by molar-refractivity contribution is 5.98. The van der Waals surface area contributed by atoms with E-state index in [0.29, 0.717) is 43.6 Å². The van der Waals surface area contributed by atoms with Gasteiger partial charge in [0.05, 0.1) is 5.60 Å². The Morgan fingerprint density at radius 1 is 1.07 bits per heavy atom. The summed E-state index contributed by atoms with van der Waals surface area (Å²) in [5.74, 6) is -0.413. The molecule has 0 radical (unpaired) electrons. The second-order valence-corrected chi connectivity index (χ2v) is 8.66. The summed E-state index contributed by atoms with van der Waals surface area (Å²) in [5.41, 5.74) is 3.19. The van der Waals surface area contributed by atoms with Gasteiger partial charge in [0.15, 0.2) is 0 Å². The number of aliphatic hydroxyl groups is 1. The van der Waals surface area contributed by atoms with Gasteiger partial charge in [-0.1, -0.05) is 24.3 Å². The van der Waals surface area contributed by atoms with Gasteiger partial charge in [-0.25, -0.2) is 4.39 Å². The number of hydrogen-bond donors (Lipinski definition) is 2. The highest BCUT2D eigenvalue weighted by atomic mass is 19.1. The van der Waals surface area contributed by atoms with Crippen LogP contribution in [0.15, 0.2) is 48.5 Å². The van der Waals surface area contributed by atoms with Crippen LogP contribution >= 0.6 is 0 Å². The Morgan fingerprint density at radius 2 is 1.83 bits per heavy atom. The van der Waals surface area contributed by atoms with Gasteiger partial charge in [-0.15, -0.1) is 0 Å². The molecule has 1 aromatic heterocycles. The Bertz CT molecular complexity index is 1080. The molecule has 1 saturated heterocycles. The van der Waals surface area contributed by atoms with Gasteiger partial charge in [0.2, 0.25) is 0 Å². The smallest absolute Gasteiger partial charge is 0.270 e. The number of rotatable bonds is 3. The van der Waals surface area contributed by atoms with Crippen LogP contribution in [0.5, 0.6) is 0 Å². The molecule has 30 heavy (non-hydrogen) atoms. The van der Waals surface area contributed by atoms with E-state index in [9.17, 15) is 14.3 Å². The number of hydrogen-bond acceptors (Lipinski definition) is 3. The molecule has 1 amide bonds. The maximum absolute atomic E-state index is 13.4. The predicted molar refractivity (Wildman–Crippen MR) is 114 cm³/mol. The van der Waals surface area contributed by atoms with Gasteiger partial charge < -0.3 is 15.0 Å². The first-order valence-electron chi connectivity index (χ1n) is 10.6. The molecule has 0 bridgehead atoms. The zero-order valence-corrected chi connectivity index (χ0v) is 16.9. The van der Waals surface area contributed by atoms with Crippen LogP contribution in [-0.4, -0.2) is 57.6 Å². The maximum Gasteiger partial charge on any atom is 0.270 e. The fourth-order valence-electron chi connectivity index (χ4n) is 4.78. The summed E-state index contributed by atoms with van der Waals surface area (Å²) < 4.78 is 13.4. The number of carbonyl (C=O) groups is 1. The van der Waals surface area contributed by atoms with Gasteiger partial charge in [0, 0.05) is 43.6 Å². The van der Waals surface area contributed by atoms with E-state index < -0.39 is 5.60 Å². The molecule has 0 spiro atoms. The second kappa shape index (κ2) is 7.52. The van der Waals surface area contributed by atoms with Crippen LogP contribution in [0, 0.1) is 5.82 Å². The van der Waals surface area contributed by atoms with Crippen molar-refractivity contribution in [2.24, 2.45) is 0 Å². The van der Waals surface area contributed by atoms with Crippen LogP contribution in [0.2, 0.25) is 0 Å². The number of benzene rings is 2. The number of H-pyrrole nitrogens is 1. The molecule has 5 rings (SSSR count). The summed E-state index contributed by atoms with van der Waals surface area (Å²) in [6, 6.07) is 14.7. The zero-order valence-electron chi connectivity index (χ0n) is 16.9. The van der Waals surface area contributed by atoms with Crippen molar-refractivity contribution in [1.29, 1.82) is 0 Å². The fourth-order valence-corrected chi connectivity index (χ4v) is 4.78. The van der Waals surface area contributed by atoms with Crippen molar-refractivity contribution in [3.8, 4) is 0 Å². The molecule has 2 aromatic carbocycles. The first kappa shape index (κ1) is 19.3. The molecule has 0 aliphatic carbocycles. The number of fused-ring (bicyclic) bond motifs is 2. The quantitative estimate of drug-likeness (QED) is 0.700. The van der Waals surface area contributed by atoms with E-state index in [4.69, 9.17) is 0 Å². The summed E-state index contributed by atoms with van der Waals surface area (Å²) in [4.78, 5) is 20.1. The van der Waals surface area contributed by atoms with Crippen molar-refractivity contribution in [3.63, 3.8) is 0 Å². The van der Waals surface area contributed by atoms with E-state index in [2.05, 4.69) is 34.1 Å². The number of carbonyl (C=O) groups excluding carboxylic acids is 1. The minimum absolute atomic E-state index is 0.0967. The van der Waals surface area contributed by atoms with E-state index in [1.165, 1.54) is 23.3 Å². The monoisotopic (exact) mass is 407 g/mol. The summed E-state index contributed by atoms with van der Waals surface area (Å²) in [6.07, 6.45) is 2.13. The van der Waals surface area contributed by atoms with Crippen molar-refractivity contribution in [2.75, 3.05) is 26.2 Å². The first-order valence-corrected chi connectivity index (χ1v) is 10.6.